The van der Waals surface area contributed by atoms with Crippen LogP contribution in [0.5, 0.6) is 0 Å². The highest BCUT2D eigenvalue weighted by Gasteiger charge is 2.28. The Morgan fingerprint density at radius 3 is 2.85 bits per heavy atom. The summed E-state index contributed by atoms with van der Waals surface area (Å²) in [5.74, 6) is 0.812. The Morgan fingerprint density at radius 2 is 2.08 bits per heavy atom. The fraction of sp³-hybridized carbons (Fsp3) is 0.632. The molecule has 2 saturated heterocycles. The van der Waals surface area contributed by atoms with Crippen molar-refractivity contribution < 1.29 is 14.3 Å². The first-order chi connectivity index (χ1) is 12.7. The minimum atomic E-state index is -0.325. The smallest absolute Gasteiger partial charge is 0.409 e. The molecule has 1 unspecified atom stereocenters. The van der Waals surface area contributed by atoms with Gasteiger partial charge in [0.15, 0.2) is 0 Å². The number of piperidine rings is 1. The van der Waals surface area contributed by atoms with Gasteiger partial charge in [0, 0.05) is 38.9 Å². The van der Waals surface area contributed by atoms with E-state index in [1.807, 2.05) is 6.07 Å². The standard InChI is InChI=1S/C19H28N4O3/c1-2-26-19(25)23-11-5-6-16(14-23)18(24)21-13-15-7-8-20-17(12-15)22-9-3-4-10-22/h7-8,12,16H,2-6,9-11,13-14H2,1H3,(H,21,24). The lowest BCUT2D eigenvalue weighted by atomic mass is 9.97. The number of ether oxygens (including phenoxy) is 1. The molecule has 1 atom stereocenters. The Morgan fingerprint density at radius 1 is 1.27 bits per heavy atom. The lowest BCUT2D eigenvalue weighted by Gasteiger charge is -2.31. The zero-order valence-corrected chi connectivity index (χ0v) is 15.4. The van der Waals surface area contributed by atoms with Crippen LogP contribution in [-0.4, -0.2) is 54.7 Å². The van der Waals surface area contributed by atoms with Gasteiger partial charge in [-0.15, -0.1) is 0 Å². The molecule has 1 aromatic rings. The van der Waals surface area contributed by atoms with E-state index in [1.165, 1.54) is 12.8 Å². The number of aromatic nitrogens is 1. The average Bonchev–Trinajstić information content (AvgIpc) is 3.21. The summed E-state index contributed by atoms with van der Waals surface area (Å²) in [5.41, 5.74) is 1.05. The number of hydrogen-bond donors (Lipinski definition) is 1. The number of rotatable bonds is 5. The molecular formula is C19H28N4O3. The topological polar surface area (TPSA) is 74.8 Å². The highest BCUT2D eigenvalue weighted by molar-refractivity contribution is 5.80. The van der Waals surface area contributed by atoms with Crippen LogP contribution in [-0.2, 0) is 16.1 Å². The van der Waals surface area contributed by atoms with Crippen LogP contribution in [0.4, 0.5) is 10.6 Å². The lowest BCUT2D eigenvalue weighted by molar-refractivity contribution is -0.126. The number of likely N-dealkylation sites (tertiary alicyclic amines) is 1. The predicted molar refractivity (Wildman–Crippen MR) is 98.8 cm³/mol. The fourth-order valence-corrected chi connectivity index (χ4v) is 3.59. The molecule has 7 heteroatoms. The van der Waals surface area contributed by atoms with Gasteiger partial charge in [0.2, 0.25) is 5.91 Å². The summed E-state index contributed by atoms with van der Waals surface area (Å²) in [6.07, 6.45) is 5.53. The second kappa shape index (κ2) is 8.87. The quantitative estimate of drug-likeness (QED) is 0.871. The van der Waals surface area contributed by atoms with Crippen LogP contribution in [0.25, 0.3) is 0 Å². The Balaban J connectivity index is 1.52. The molecule has 0 bridgehead atoms. The van der Waals surface area contributed by atoms with Gasteiger partial charge in [-0.1, -0.05) is 0 Å². The summed E-state index contributed by atoms with van der Waals surface area (Å²) < 4.78 is 5.04. The maximum atomic E-state index is 12.5. The molecule has 3 heterocycles. The van der Waals surface area contributed by atoms with Crippen molar-refractivity contribution in [3.63, 3.8) is 0 Å². The third kappa shape index (κ3) is 4.65. The van der Waals surface area contributed by atoms with Gasteiger partial charge >= 0.3 is 6.09 Å². The van der Waals surface area contributed by atoms with Crippen LogP contribution < -0.4 is 10.2 Å². The SMILES string of the molecule is CCOC(=O)N1CCCC(C(=O)NCc2ccnc(N3CCCC3)c2)C1. The second-order valence-corrected chi connectivity index (χ2v) is 6.92. The van der Waals surface area contributed by atoms with Gasteiger partial charge in [-0.2, -0.15) is 0 Å². The van der Waals surface area contributed by atoms with Crippen LogP contribution in [0.3, 0.4) is 0 Å². The van der Waals surface area contributed by atoms with Crippen molar-refractivity contribution in [1.82, 2.24) is 15.2 Å². The molecule has 0 aromatic carbocycles. The van der Waals surface area contributed by atoms with Gasteiger partial charge in [0.25, 0.3) is 0 Å². The molecule has 2 aliphatic heterocycles. The molecule has 2 fully saturated rings. The largest absolute Gasteiger partial charge is 0.450 e. The van der Waals surface area contributed by atoms with Crippen molar-refractivity contribution in [3.8, 4) is 0 Å². The molecule has 0 spiro atoms. The molecule has 26 heavy (non-hydrogen) atoms. The number of pyridine rings is 1. The predicted octanol–water partition coefficient (Wildman–Crippen LogP) is 2.17. The third-order valence-corrected chi connectivity index (χ3v) is 5.02. The van der Waals surface area contributed by atoms with Gasteiger partial charge in [0.05, 0.1) is 12.5 Å². The highest BCUT2D eigenvalue weighted by atomic mass is 16.6. The zero-order chi connectivity index (χ0) is 18.4. The monoisotopic (exact) mass is 360 g/mol. The van der Waals surface area contributed by atoms with Gasteiger partial charge in [-0.05, 0) is 50.3 Å². The van der Waals surface area contributed by atoms with Crippen molar-refractivity contribution >= 4 is 17.8 Å². The molecule has 2 amide bonds. The van der Waals surface area contributed by atoms with Crippen LogP contribution in [0.2, 0.25) is 0 Å². The first-order valence-electron chi connectivity index (χ1n) is 9.56. The van der Waals surface area contributed by atoms with E-state index in [1.54, 1.807) is 18.0 Å². The van der Waals surface area contributed by atoms with Gasteiger partial charge in [-0.3, -0.25) is 4.79 Å². The number of amides is 2. The molecule has 3 rings (SSSR count). The van der Waals surface area contributed by atoms with E-state index < -0.39 is 0 Å². The number of hydrogen-bond acceptors (Lipinski definition) is 5. The van der Waals surface area contributed by atoms with E-state index in [4.69, 9.17) is 4.74 Å². The molecule has 7 nitrogen and oxygen atoms in total. The maximum Gasteiger partial charge on any atom is 0.409 e. The Labute approximate surface area is 154 Å². The summed E-state index contributed by atoms with van der Waals surface area (Å²) in [7, 11) is 0. The number of carbonyl (C=O) groups excluding carboxylic acids is 2. The lowest BCUT2D eigenvalue weighted by Crippen LogP contribution is -2.45. The van der Waals surface area contributed by atoms with Crippen LogP contribution in [0.15, 0.2) is 18.3 Å². The third-order valence-electron chi connectivity index (χ3n) is 5.02. The van der Waals surface area contributed by atoms with E-state index in [-0.39, 0.29) is 17.9 Å². The minimum Gasteiger partial charge on any atom is -0.450 e. The first kappa shape index (κ1) is 18.5. The van der Waals surface area contributed by atoms with Crippen LogP contribution in [0.1, 0.15) is 38.2 Å². The molecule has 2 aliphatic rings. The van der Waals surface area contributed by atoms with E-state index in [0.717, 1.165) is 37.3 Å². The molecule has 1 aromatic heterocycles. The number of carbonyl (C=O) groups is 2. The van der Waals surface area contributed by atoms with Crippen molar-refractivity contribution in [2.75, 3.05) is 37.7 Å². The Bertz CT molecular complexity index is 631. The Hall–Kier alpha value is -2.31. The number of anilines is 1. The van der Waals surface area contributed by atoms with Crippen molar-refractivity contribution in [2.24, 2.45) is 5.92 Å². The molecule has 142 valence electrons. The van der Waals surface area contributed by atoms with Crippen molar-refractivity contribution in [3.05, 3.63) is 23.9 Å². The summed E-state index contributed by atoms with van der Waals surface area (Å²) in [6, 6.07) is 3.99. The van der Waals surface area contributed by atoms with Crippen molar-refractivity contribution in [2.45, 2.75) is 39.2 Å². The van der Waals surface area contributed by atoms with E-state index in [0.29, 0.717) is 26.2 Å². The molecular weight excluding hydrogens is 332 g/mol. The summed E-state index contributed by atoms with van der Waals surface area (Å²) >= 11 is 0. The fourth-order valence-electron chi connectivity index (χ4n) is 3.59. The van der Waals surface area contributed by atoms with Gasteiger partial charge < -0.3 is 19.9 Å². The maximum absolute atomic E-state index is 12.5. The molecule has 0 aliphatic carbocycles. The van der Waals surface area contributed by atoms with Crippen LogP contribution >= 0.6 is 0 Å². The number of nitrogens with one attached hydrogen (secondary N) is 1. The summed E-state index contributed by atoms with van der Waals surface area (Å²) in [5, 5.41) is 3.01. The molecule has 0 saturated carbocycles. The van der Waals surface area contributed by atoms with E-state index in [9.17, 15) is 9.59 Å². The van der Waals surface area contributed by atoms with Gasteiger partial charge in [-0.25, -0.2) is 9.78 Å². The number of nitrogens with zero attached hydrogens (tertiary/aromatic N) is 3. The normalized spacial score (nSPS) is 20.1. The highest BCUT2D eigenvalue weighted by Crippen LogP contribution is 2.20. The summed E-state index contributed by atoms with van der Waals surface area (Å²) in [4.78, 5) is 32.7. The molecule has 1 N–H and O–H groups in total. The van der Waals surface area contributed by atoms with E-state index >= 15 is 0 Å². The first-order valence-corrected chi connectivity index (χ1v) is 9.56. The average molecular weight is 360 g/mol. The van der Waals surface area contributed by atoms with Crippen molar-refractivity contribution in [1.29, 1.82) is 0 Å². The van der Waals surface area contributed by atoms with Crippen LogP contribution in [0, 0.1) is 5.92 Å². The second-order valence-electron chi connectivity index (χ2n) is 6.92. The van der Waals surface area contributed by atoms with E-state index in [2.05, 4.69) is 21.3 Å². The zero-order valence-electron chi connectivity index (χ0n) is 15.4. The van der Waals surface area contributed by atoms with Gasteiger partial charge in [0.1, 0.15) is 5.82 Å². The molecule has 0 radical (unpaired) electrons. The minimum absolute atomic E-state index is 0.00136. The Kier molecular flexibility index (Phi) is 6.30. The summed E-state index contributed by atoms with van der Waals surface area (Å²) in [6.45, 7) is 5.82.